The highest BCUT2D eigenvalue weighted by Gasteiger charge is 2.09. The number of hydrogen-bond donors (Lipinski definition) is 1. The molecule has 1 aromatic heterocycles. The molecular weight excluding hydrogens is 230 g/mol. The highest BCUT2D eigenvalue weighted by atomic mass is 35.5. The van der Waals surface area contributed by atoms with E-state index in [1.807, 2.05) is 0 Å². The van der Waals surface area contributed by atoms with Crippen LogP contribution in [0.5, 0.6) is 11.5 Å². The zero-order chi connectivity index (χ0) is 11.7. The summed E-state index contributed by atoms with van der Waals surface area (Å²) in [7, 11) is 3.10. The number of halogens is 1. The van der Waals surface area contributed by atoms with Crippen LogP contribution in [0.25, 0.3) is 11.0 Å². The maximum absolute atomic E-state index is 5.79. The minimum absolute atomic E-state index is 0.180. The third kappa shape index (κ3) is 1.69. The molecule has 6 heteroatoms. The molecule has 0 bridgehead atoms. The van der Waals surface area contributed by atoms with Crippen LogP contribution in [0.2, 0.25) is 5.15 Å². The van der Waals surface area contributed by atoms with E-state index < -0.39 is 0 Å². The first-order chi connectivity index (χ1) is 7.65. The summed E-state index contributed by atoms with van der Waals surface area (Å²) in [5.74, 6) is 1.34. The van der Waals surface area contributed by atoms with Gasteiger partial charge in [0.05, 0.1) is 25.3 Å². The van der Waals surface area contributed by atoms with E-state index in [0.29, 0.717) is 22.5 Å². The molecule has 0 amide bonds. The number of nitrogens with two attached hydrogens (primary N) is 1. The summed E-state index contributed by atoms with van der Waals surface area (Å²) >= 11 is 5.79. The molecule has 5 nitrogen and oxygen atoms in total. The Hall–Kier alpha value is -1.75. The lowest BCUT2D eigenvalue weighted by Gasteiger charge is -2.08. The number of hydrogen-bond acceptors (Lipinski definition) is 5. The molecule has 0 unspecified atom stereocenters. The van der Waals surface area contributed by atoms with E-state index in [2.05, 4.69) is 9.97 Å². The SMILES string of the molecule is COc1cc2nc(N)c(Cl)nc2cc1OC. The third-order valence-corrected chi connectivity index (χ3v) is 2.43. The molecule has 0 fully saturated rings. The lowest BCUT2D eigenvalue weighted by Crippen LogP contribution is -1.97. The molecule has 0 aliphatic heterocycles. The molecule has 0 aliphatic carbocycles. The Morgan fingerprint density at radius 2 is 1.56 bits per heavy atom. The van der Waals surface area contributed by atoms with E-state index in [1.165, 1.54) is 0 Å². The topological polar surface area (TPSA) is 70.3 Å². The number of rotatable bonds is 2. The van der Waals surface area contributed by atoms with Crippen LogP contribution in [-0.2, 0) is 0 Å². The number of aromatic nitrogens is 2. The number of methoxy groups -OCH3 is 2. The second-order valence-corrected chi connectivity index (χ2v) is 3.45. The zero-order valence-electron chi connectivity index (χ0n) is 8.82. The van der Waals surface area contributed by atoms with Crippen LogP contribution in [-0.4, -0.2) is 24.2 Å². The molecule has 84 valence electrons. The standard InChI is InChI=1S/C10H10ClN3O2/c1-15-7-3-5-6(4-8(7)16-2)14-10(12)9(11)13-5/h3-4H,1-2H3,(H2,12,14). The van der Waals surface area contributed by atoms with Crippen LogP contribution in [0.4, 0.5) is 5.82 Å². The van der Waals surface area contributed by atoms with Gasteiger partial charge in [-0.05, 0) is 0 Å². The van der Waals surface area contributed by atoms with Crippen molar-refractivity contribution in [1.82, 2.24) is 9.97 Å². The Morgan fingerprint density at radius 1 is 1.06 bits per heavy atom. The summed E-state index contributed by atoms with van der Waals surface area (Å²) in [5, 5.41) is 0.180. The molecule has 0 saturated heterocycles. The summed E-state index contributed by atoms with van der Waals surface area (Å²) < 4.78 is 10.3. The quantitative estimate of drug-likeness (QED) is 0.867. The fraction of sp³-hybridized carbons (Fsp3) is 0.200. The van der Waals surface area contributed by atoms with Crippen LogP contribution < -0.4 is 15.2 Å². The number of fused-ring (bicyclic) bond motifs is 1. The molecule has 2 N–H and O–H groups in total. The van der Waals surface area contributed by atoms with Gasteiger partial charge in [0, 0.05) is 12.1 Å². The number of nitrogens with zero attached hydrogens (tertiary/aromatic N) is 2. The highest BCUT2D eigenvalue weighted by molar-refractivity contribution is 6.31. The Bertz CT molecular complexity index is 497. The van der Waals surface area contributed by atoms with E-state index in [9.17, 15) is 0 Å². The van der Waals surface area contributed by atoms with Crippen molar-refractivity contribution in [1.29, 1.82) is 0 Å². The Kier molecular flexibility index (Phi) is 2.70. The van der Waals surface area contributed by atoms with Crippen molar-refractivity contribution in [2.24, 2.45) is 0 Å². The molecule has 1 heterocycles. The first-order valence-electron chi connectivity index (χ1n) is 4.50. The predicted molar refractivity (Wildman–Crippen MR) is 62.1 cm³/mol. The van der Waals surface area contributed by atoms with Crippen molar-refractivity contribution in [3.05, 3.63) is 17.3 Å². The maximum Gasteiger partial charge on any atom is 0.171 e. The highest BCUT2D eigenvalue weighted by Crippen LogP contribution is 2.31. The Balaban J connectivity index is 2.73. The average molecular weight is 240 g/mol. The van der Waals surface area contributed by atoms with Crippen molar-refractivity contribution < 1.29 is 9.47 Å². The number of benzene rings is 1. The summed E-state index contributed by atoms with van der Waals surface area (Å²) in [6, 6.07) is 3.40. The molecule has 16 heavy (non-hydrogen) atoms. The first-order valence-corrected chi connectivity index (χ1v) is 4.88. The van der Waals surface area contributed by atoms with Gasteiger partial charge in [-0.15, -0.1) is 0 Å². The van der Waals surface area contributed by atoms with Crippen LogP contribution in [0.15, 0.2) is 12.1 Å². The molecule has 0 radical (unpaired) electrons. The van der Waals surface area contributed by atoms with Crippen molar-refractivity contribution in [3.63, 3.8) is 0 Å². The Labute approximate surface area is 97.2 Å². The van der Waals surface area contributed by atoms with Crippen LogP contribution in [0, 0.1) is 0 Å². The minimum atomic E-state index is 0.180. The summed E-state index contributed by atoms with van der Waals surface area (Å²) in [6.07, 6.45) is 0. The van der Waals surface area contributed by atoms with E-state index in [4.69, 9.17) is 26.8 Å². The fourth-order valence-corrected chi connectivity index (χ4v) is 1.51. The van der Waals surface area contributed by atoms with Gasteiger partial charge in [-0.25, -0.2) is 9.97 Å². The van der Waals surface area contributed by atoms with E-state index in [0.717, 1.165) is 0 Å². The zero-order valence-corrected chi connectivity index (χ0v) is 9.58. The number of anilines is 1. The van der Waals surface area contributed by atoms with Gasteiger partial charge in [0.15, 0.2) is 22.5 Å². The number of ether oxygens (including phenoxy) is 2. The van der Waals surface area contributed by atoms with Crippen molar-refractivity contribution in [2.45, 2.75) is 0 Å². The number of nitrogen functional groups attached to an aromatic ring is 1. The Morgan fingerprint density at radius 3 is 2.06 bits per heavy atom. The third-order valence-electron chi connectivity index (χ3n) is 2.15. The van der Waals surface area contributed by atoms with Crippen LogP contribution >= 0.6 is 11.6 Å². The maximum atomic E-state index is 5.79. The van der Waals surface area contributed by atoms with E-state index in [-0.39, 0.29) is 11.0 Å². The molecule has 2 rings (SSSR count). The van der Waals surface area contributed by atoms with Crippen molar-refractivity contribution in [2.75, 3.05) is 20.0 Å². The van der Waals surface area contributed by atoms with Gasteiger partial charge in [-0.1, -0.05) is 11.6 Å². The van der Waals surface area contributed by atoms with Gasteiger partial charge in [-0.3, -0.25) is 0 Å². The van der Waals surface area contributed by atoms with Gasteiger partial charge >= 0.3 is 0 Å². The molecule has 0 saturated carbocycles. The summed E-state index contributed by atoms with van der Waals surface area (Å²) in [4.78, 5) is 8.21. The van der Waals surface area contributed by atoms with Gasteiger partial charge in [-0.2, -0.15) is 0 Å². The van der Waals surface area contributed by atoms with Crippen LogP contribution in [0.1, 0.15) is 0 Å². The second kappa shape index (κ2) is 4.02. The van der Waals surface area contributed by atoms with Gasteiger partial charge in [0.1, 0.15) is 0 Å². The first kappa shape index (κ1) is 10.8. The molecule has 0 spiro atoms. The average Bonchev–Trinajstić information content (AvgIpc) is 2.29. The lowest BCUT2D eigenvalue weighted by molar-refractivity contribution is 0.355. The molecular formula is C10H10ClN3O2. The summed E-state index contributed by atoms with van der Waals surface area (Å²) in [6.45, 7) is 0. The molecule has 0 aliphatic rings. The van der Waals surface area contributed by atoms with E-state index in [1.54, 1.807) is 26.4 Å². The van der Waals surface area contributed by atoms with Gasteiger partial charge in [0.25, 0.3) is 0 Å². The smallest absolute Gasteiger partial charge is 0.171 e. The van der Waals surface area contributed by atoms with Crippen LogP contribution in [0.3, 0.4) is 0 Å². The second-order valence-electron chi connectivity index (χ2n) is 3.10. The molecule has 2 aromatic rings. The van der Waals surface area contributed by atoms with Crippen molar-refractivity contribution in [3.8, 4) is 11.5 Å². The predicted octanol–water partition coefficient (Wildman–Crippen LogP) is 1.88. The lowest BCUT2D eigenvalue weighted by atomic mass is 10.2. The molecule has 1 aromatic carbocycles. The minimum Gasteiger partial charge on any atom is -0.493 e. The van der Waals surface area contributed by atoms with Crippen molar-refractivity contribution >= 4 is 28.5 Å². The fourth-order valence-electron chi connectivity index (χ4n) is 1.38. The normalized spacial score (nSPS) is 10.4. The summed E-state index contributed by atoms with van der Waals surface area (Å²) in [5.41, 5.74) is 6.79. The molecule has 0 atom stereocenters. The van der Waals surface area contributed by atoms with Gasteiger partial charge in [0.2, 0.25) is 0 Å². The monoisotopic (exact) mass is 239 g/mol. The largest absolute Gasteiger partial charge is 0.493 e. The van der Waals surface area contributed by atoms with Gasteiger partial charge < -0.3 is 15.2 Å². The van der Waals surface area contributed by atoms with E-state index >= 15 is 0 Å².